The molecule has 2 aliphatic heterocycles. The molecule has 6 rings (SSSR count). The van der Waals surface area contributed by atoms with Crippen molar-refractivity contribution >= 4 is 11.6 Å². The topological polar surface area (TPSA) is 69.1 Å². The molecule has 3 heterocycles. The predicted octanol–water partition coefficient (Wildman–Crippen LogP) is 5.20. The van der Waals surface area contributed by atoms with Gasteiger partial charge in [-0.15, -0.1) is 0 Å². The van der Waals surface area contributed by atoms with Crippen molar-refractivity contribution in [1.82, 2.24) is 14.5 Å². The van der Waals surface area contributed by atoms with E-state index in [-0.39, 0.29) is 12.4 Å². The molecule has 37 heavy (non-hydrogen) atoms. The smallest absolute Gasteiger partial charge is 0.259 e. The van der Waals surface area contributed by atoms with E-state index >= 15 is 0 Å². The van der Waals surface area contributed by atoms with Gasteiger partial charge in [0.2, 0.25) is 12.7 Å². The van der Waals surface area contributed by atoms with Crippen LogP contribution in [-0.2, 0) is 19.6 Å². The summed E-state index contributed by atoms with van der Waals surface area (Å²) < 4.78 is 18.8. The van der Waals surface area contributed by atoms with Gasteiger partial charge in [-0.05, 0) is 67.4 Å². The lowest BCUT2D eigenvalue weighted by Gasteiger charge is -2.38. The summed E-state index contributed by atoms with van der Waals surface area (Å²) >= 11 is 0. The number of fused-ring (bicyclic) bond motifs is 2. The van der Waals surface area contributed by atoms with Crippen LogP contribution >= 0.6 is 0 Å². The Kier molecular flexibility index (Phi) is 6.02. The van der Waals surface area contributed by atoms with E-state index < -0.39 is 0 Å². The van der Waals surface area contributed by atoms with Gasteiger partial charge in [0.25, 0.3) is 5.56 Å². The Bertz CT molecular complexity index is 1480. The van der Waals surface area contributed by atoms with Crippen molar-refractivity contribution in [2.45, 2.75) is 33.5 Å². The van der Waals surface area contributed by atoms with Gasteiger partial charge >= 0.3 is 0 Å². The number of anilines is 2. The van der Waals surface area contributed by atoms with Gasteiger partial charge in [-0.3, -0.25) is 19.2 Å². The molecule has 0 saturated carbocycles. The summed E-state index contributed by atoms with van der Waals surface area (Å²) in [6, 6.07) is 23.6. The maximum absolute atomic E-state index is 13.5. The lowest BCUT2D eigenvalue weighted by molar-refractivity contribution is 0.173. The van der Waals surface area contributed by atoms with Gasteiger partial charge in [-0.25, -0.2) is 4.98 Å². The molecule has 0 spiro atoms. The van der Waals surface area contributed by atoms with Crippen LogP contribution in [0.4, 0.5) is 11.6 Å². The second kappa shape index (κ2) is 9.63. The van der Waals surface area contributed by atoms with Gasteiger partial charge in [-0.2, -0.15) is 0 Å². The zero-order valence-corrected chi connectivity index (χ0v) is 20.9. The van der Waals surface area contributed by atoms with Crippen LogP contribution in [0.25, 0.3) is 0 Å². The summed E-state index contributed by atoms with van der Waals surface area (Å²) in [6.07, 6.45) is 0.644. The molecule has 188 valence electrons. The quantitative estimate of drug-likeness (QED) is 0.363. The highest BCUT2D eigenvalue weighted by atomic mass is 16.7. The molecule has 0 bridgehead atoms. The third-order valence-electron chi connectivity index (χ3n) is 6.70. The first kappa shape index (κ1) is 23.1. The van der Waals surface area contributed by atoms with Gasteiger partial charge in [0.15, 0.2) is 11.5 Å². The minimum atomic E-state index is 0.00872. The maximum atomic E-state index is 13.5. The Labute approximate surface area is 215 Å². The number of benzene rings is 3. The van der Waals surface area contributed by atoms with Crippen molar-refractivity contribution in [3.8, 4) is 23.0 Å². The summed E-state index contributed by atoms with van der Waals surface area (Å²) in [4.78, 5) is 22.6. The molecule has 4 aromatic rings. The van der Waals surface area contributed by atoms with Crippen LogP contribution < -0.4 is 24.7 Å². The van der Waals surface area contributed by atoms with Crippen molar-refractivity contribution in [2.75, 3.05) is 18.4 Å². The van der Waals surface area contributed by atoms with E-state index in [9.17, 15) is 4.79 Å². The highest BCUT2D eigenvalue weighted by molar-refractivity contribution is 5.60. The minimum absolute atomic E-state index is 0.00872. The van der Waals surface area contributed by atoms with Gasteiger partial charge in [0, 0.05) is 23.5 Å². The average Bonchev–Trinajstić information content (AvgIpc) is 3.38. The molecule has 2 aliphatic rings. The standard InChI is InChI=1S/C29H28N4O4/c1-3-25-20(2)30-29-32(22-10-12-24(13-11-22)37-23-7-5-4-6-8-23)17-31(18-33(29)28(25)34)16-21-9-14-26-27(15-21)36-19-35-26/h4-15H,3,16-19H2,1-2H3. The Hall–Kier alpha value is -4.30. The van der Waals surface area contributed by atoms with Crippen molar-refractivity contribution in [3.05, 3.63) is 100.0 Å². The van der Waals surface area contributed by atoms with Crippen LogP contribution in [0, 0.1) is 6.92 Å². The second-order valence-electron chi connectivity index (χ2n) is 9.20. The fraction of sp³-hybridized carbons (Fsp3) is 0.241. The van der Waals surface area contributed by atoms with E-state index in [0.717, 1.165) is 45.5 Å². The third kappa shape index (κ3) is 4.51. The normalized spacial score (nSPS) is 14.5. The third-order valence-corrected chi connectivity index (χ3v) is 6.70. The molecule has 0 amide bonds. The van der Waals surface area contributed by atoms with Crippen molar-refractivity contribution < 1.29 is 14.2 Å². The minimum Gasteiger partial charge on any atom is -0.457 e. The lowest BCUT2D eigenvalue weighted by atomic mass is 10.1. The van der Waals surface area contributed by atoms with E-state index in [1.54, 1.807) is 4.57 Å². The lowest BCUT2D eigenvalue weighted by Crippen LogP contribution is -2.47. The Morgan fingerprint density at radius 3 is 2.46 bits per heavy atom. The summed E-state index contributed by atoms with van der Waals surface area (Å²) in [6.45, 7) is 5.82. The fourth-order valence-corrected chi connectivity index (χ4v) is 4.85. The molecular formula is C29H28N4O4. The van der Waals surface area contributed by atoms with Gasteiger partial charge < -0.3 is 14.2 Å². The maximum Gasteiger partial charge on any atom is 0.259 e. The van der Waals surface area contributed by atoms with E-state index in [4.69, 9.17) is 19.2 Å². The molecule has 8 nitrogen and oxygen atoms in total. The van der Waals surface area contributed by atoms with Crippen LogP contribution in [0.15, 0.2) is 77.6 Å². The molecule has 3 aromatic carbocycles. The molecule has 0 unspecified atom stereocenters. The van der Waals surface area contributed by atoms with Gasteiger partial charge in [0.05, 0.1) is 13.3 Å². The molecule has 0 fully saturated rings. The number of para-hydroxylation sites is 1. The van der Waals surface area contributed by atoms with Crippen LogP contribution in [0.1, 0.15) is 23.7 Å². The number of hydrogen-bond acceptors (Lipinski definition) is 7. The first-order chi connectivity index (χ1) is 18.1. The van der Waals surface area contributed by atoms with Crippen LogP contribution in [0.2, 0.25) is 0 Å². The van der Waals surface area contributed by atoms with Gasteiger partial charge in [-0.1, -0.05) is 31.2 Å². The SMILES string of the molecule is CCc1c(C)nc2n(c1=O)CN(Cc1ccc3c(c1)OCO3)CN2c1ccc(Oc2ccccc2)cc1. The first-order valence-corrected chi connectivity index (χ1v) is 12.4. The first-order valence-electron chi connectivity index (χ1n) is 12.4. The van der Waals surface area contributed by atoms with Crippen LogP contribution in [-0.4, -0.2) is 27.9 Å². The van der Waals surface area contributed by atoms with Gasteiger partial charge in [0.1, 0.15) is 11.5 Å². The average molecular weight is 497 g/mol. The zero-order valence-electron chi connectivity index (χ0n) is 20.9. The molecule has 8 heteroatoms. The summed E-state index contributed by atoms with van der Waals surface area (Å²) in [7, 11) is 0. The summed E-state index contributed by atoms with van der Waals surface area (Å²) in [5.41, 5.74) is 3.55. The number of hydrogen-bond donors (Lipinski definition) is 0. The molecular weight excluding hydrogens is 468 g/mol. The molecule has 0 N–H and O–H groups in total. The Morgan fingerprint density at radius 1 is 0.919 bits per heavy atom. The highest BCUT2D eigenvalue weighted by Crippen LogP contribution is 2.34. The number of aromatic nitrogens is 2. The molecule has 0 radical (unpaired) electrons. The van der Waals surface area contributed by atoms with Crippen LogP contribution in [0.5, 0.6) is 23.0 Å². The molecule has 0 aliphatic carbocycles. The number of ether oxygens (including phenoxy) is 3. The number of rotatable bonds is 6. The molecule has 0 atom stereocenters. The zero-order chi connectivity index (χ0) is 25.4. The van der Waals surface area contributed by atoms with E-state index in [1.807, 2.05) is 86.6 Å². The molecule has 0 saturated heterocycles. The Balaban J connectivity index is 1.33. The summed E-state index contributed by atoms with van der Waals surface area (Å²) in [5, 5.41) is 0. The largest absolute Gasteiger partial charge is 0.457 e. The van der Waals surface area contributed by atoms with Crippen molar-refractivity contribution in [3.63, 3.8) is 0 Å². The van der Waals surface area contributed by atoms with Crippen LogP contribution in [0.3, 0.4) is 0 Å². The fourth-order valence-electron chi connectivity index (χ4n) is 4.85. The number of nitrogens with zero attached hydrogens (tertiary/aromatic N) is 4. The van der Waals surface area contributed by atoms with Crippen molar-refractivity contribution in [2.24, 2.45) is 0 Å². The second-order valence-corrected chi connectivity index (χ2v) is 9.20. The number of aryl methyl sites for hydroxylation is 1. The Morgan fingerprint density at radius 2 is 1.68 bits per heavy atom. The van der Waals surface area contributed by atoms with Crippen molar-refractivity contribution in [1.29, 1.82) is 0 Å². The van der Waals surface area contributed by atoms with E-state index in [0.29, 0.717) is 32.3 Å². The van der Waals surface area contributed by atoms with E-state index in [2.05, 4.69) is 9.80 Å². The predicted molar refractivity (Wildman–Crippen MR) is 141 cm³/mol. The monoisotopic (exact) mass is 496 g/mol. The van der Waals surface area contributed by atoms with E-state index in [1.165, 1.54) is 0 Å². The summed E-state index contributed by atoms with van der Waals surface area (Å²) in [5.74, 6) is 3.69. The molecule has 1 aromatic heterocycles. The highest BCUT2D eigenvalue weighted by Gasteiger charge is 2.28.